The second kappa shape index (κ2) is 10.8. The second-order valence-corrected chi connectivity index (χ2v) is 9.75. The van der Waals surface area contributed by atoms with E-state index in [9.17, 15) is 22.8 Å². The first kappa shape index (κ1) is 25.8. The molecular weight excluding hydrogens is 511 g/mol. The zero-order chi connectivity index (χ0) is 25.9. The van der Waals surface area contributed by atoms with Gasteiger partial charge in [-0.2, -0.15) is 13.2 Å². The van der Waals surface area contributed by atoms with E-state index in [1.165, 1.54) is 17.0 Å². The Hall–Kier alpha value is -3.30. The molecule has 0 radical (unpaired) electrons. The number of hydrogen-bond acceptors (Lipinski definition) is 4. The monoisotopic (exact) mass is 531 g/mol. The van der Waals surface area contributed by atoms with Gasteiger partial charge in [0.05, 0.1) is 17.8 Å². The van der Waals surface area contributed by atoms with Crippen LogP contribution in [0, 0.1) is 6.92 Å². The average molecular weight is 532 g/mol. The Balaban J connectivity index is 1.61. The molecule has 1 N–H and O–H groups in total. The number of amidine groups is 1. The summed E-state index contributed by atoms with van der Waals surface area (Å²) in [5.41, 5.74) is 1.65. The molecule has 36 heavy (non-hydrogen) atoms. The lowest BCUT2D eigenvalue weighted by Gasteiger charge is -2.32. The van der Waals surface area contributed by atoms with E-state index in [0.29, 0.717) is 10.7 Å². The van der Waals surface area contributed by atoms with Crippen molar-refractivity contribution in [3.05, 3.63) is 94.5 Å². The third-order valence-corrected chi connectivity index (χ3v) is 7.07. The minimum Gasteiger partial charge on any atom is -0.325 e. The number of halogens is 4. The fraction of sp³-hybridized carbons (Fsp3) is 0.192. The first-order valence-electron chi connectivity index (χ1n) is 10.9. The molecule has 1 unspecified atom stereocenters. The van der Waals surface area contributed by atoms with Gasteiger partial charge in [-0.15, -0.1) is 0 Å². The molecule has 0 bridgehead atoms. The molecule has 0 saturated carbocycles. The molecule has 1 atom stereocenters. The molecule has 3 aromatic carbocycles. The van der Waals surface area contributed by atoms with E-state index in [1.807, 2.05) is 37.3 Å². The van der Waals surface area contributed by atoms with Crippen LogP contribution in [0.15, 0.2) is 77.8 Å². The number of aryl methyl sites for hydroxylation is 1. The maximum absolute atomic E-state index is 13.1. The topological polar surface area (TPSA) is 61.8 Å². The molecule has 0 aromatic heterocycles. The van der Waals surface area contributed by atoms with E-state index < -0.39 is 22.9 Å². The number of nitrogens with one attached hydrogen (secondary N) is 1. The Morgan fingerprint density at radius 3 is 2.44 bits per heavy atom. The predicted molar refractivity (Wildman–Crippen MR) is 136 cm³/mol. The van der Waals surface area contributed by atoms with Gasteiger partial charge in [0.15, 0.2) is 5.17 Å². The predicted octanol–water partition coefficient (Wildman–Crippen LogP) is 6.83. The molecule has 5 nitrogen and oxygen atoms in total. The molecule has 1 fully saturated rings. The van der Waals surface area contributed by atoms with Gasteiger partial charge in [-0.05, 0) is 54.4 Å². The number of hydrogen-bond donors (Lipinski definition) is 1. The highest BCUT2D eigenvalue weighted by Gasteiger charge is 2.36. The van der Waals surface area contributed by atoms with Crippen LogP contribution in [0.2, 0.25) is 5.02 Å². The van der Waals surface area contributed by atoms with Gasteiger partial charge in [-0.1, -0.05) is 59.8 Å². The van der Waals surface area contributed by atoms with Crippen LogP contribution in [0.1, 0.15) is 23.1 Å². The Bertz CT molecular complexity index is 1300. The average Bonchev–Trinajstić information content (AvgIpc) is 2.84. The fourth-order valence-corrected chi connectivity index (χ4v) is 4.77. The smallest absolute Gasteiger partial charge is 0.325 e. The third-order valence-electron chi connectivity index (χ3n) is 5.47. The van der Waals surface area contributed by atoms with Gasteiger partial charge in [0.25, 0.3) is 0 Å². The number of aliphatic imine (C=N–C) groups is 1. The lowest BCUT2D eigenvalue weighted by atomic mass is 10.2. The number of rotatable bonds is 5. The van der Waals surface area contributed by atoms with Crippen molar-refractivity contribution in [1.82, 2.24) is 4.90 Å². The molecule has 3 aromatic rings. The summed E-state index contributed by atoms with van der Waals surface area (Å²) >= 11 is 7.24. The van der Waals surface area contributed by atoms with Crippen LogP contribution in [0.25, 0.3) is 0 Å². The lowest BCUT2D eigenvalue weighted by Crippen LogP contribution is -2.44. The molecule has 0 aliphatic carbocycles. The SMILES string of the molecule is Cc1ccc(NC(=O)C2CC(=O)N(Cc3ccccc3)C(=Nc3ccc(C(F)(F)F)cc3)S2)cc1Cl. The van der Waals surface area contributed by atoms with Crippen LogP contribution in [0.4, 0.5) is 24.5 Å². The van der Waals surface area contributed by atoms with Crippen molar-refractivity contribution in [3.63, 3.8) is 0 Å². The normalized spacial score (nSPS) is 17.4. The maximum atomic E-state index is 13.1. The van der Waals surface area contributed by atoms with Crippen LogP contribution in [0.5, 0.6) is 0 Å². The lowest BCUT2D eigenvalue weighted by molar-refractivity contribution is -0.137. The van der Waals surface area contributed by atoms with Crippen molar-refractivity contribution in [1.29, 1.82) is 0 Å². The Morgan fingerprint density at radius 2 is 1.81 bits per heavy atom. The quantitative estimate of drug-likeness (QED) is 0.392. The van der Waals surface area contributed by atoms with Crippen LogP contribution >= 0.6 is 23.4 Å². The number of nitrogens with zero attached hydrogens (tertiary/aromatic N) is 2. The Kier molecular flexibility index (Phi) is 7.70. The minimum absolute atomic E-state index is 0.0606. The number of amides is 2. The van der Waals surface area contributed by atoms with Crippen molar-refractivity contribution in [2.75, 3.05) is 5.32 Å². The third kappa shape index (κ3) is 6.27. The number of carbonyl (C=O) groups excluding carboxylic acids is 2. The summed E-state index contributed by atoms with van der Waals surface area (Å²) in [7, 11) is 0. The number of benzene rings is 3. The number of anilines is 1. The molecule has 1 saturated heterocycles. The summed E-state index contributed by atoms with van der Waals surface area (Å²) < 4.78 is 38.9. The summed E-state index contributed by atoms with van der Waals surface area (Å²) in [5, 5.41) is 2.73. The van der Waals surface area contributed by atoms with Gasteiger partial charge < -0.3 is 5.32 Å². The largest absolute Gasteiger partial charge is 0.416 e. The van der Waals surface area contributed by atoms with Gasteiger partial charge in [-0.3, -0.25) is 14.5 Å². The van der Waals surface area contributed by atoms with E-state index in [1.54, 1.807) is 18.2 Å². The summed E-state index contributed by atoms with van der Waals surface area (Å²) in [5.74, 6) is -0.710. The first-order valence-corrected chi connectivity index (χ1v) is 12.2. The molecule has 4 rings (SSSR count). The van der Waals surface area contributed by atoms with E-state index in [4.69, 9.17) is 11.6 Å². The molecule has 186 valence electrons. The zero-order valence-corrected chi connectivity index (χ0v) is 20.6. The Labute approximate surface area is 215 Å². The molecule has 1 heterocycles. The van der Waals surface area contributed by atoms with Crippen molar-refractivity contribution in [2.45, 2.75) is 31.3 Å². The molecule has 0 spiro atoms. The summed E-state index contributed by atoms with van der Waals surface area (Å²) in [6.07, 6.45) is -4.53. The van der Waals surface area contributed by atoms with Crippen molar-refractivity contribution in [2.24, 2.45) is 4.99 Å². The maximum Gasteiger partial charge on any atom is 0.416 e. The van der Waals surface area contributed by atoms with Gasteiger partial charge in [0, 0.05) is 17.1 Å². The highest BCUT2D eigenvalue weighted by molar-refractivity contribution is 8.15. The zero-order valence-electron chi connectivity index (χ0n) is 19.1. The summed E-state index contributed by atoms with van der Waals surface area (Å²) in [6.45, 7) is 2.06. The molecular formula is C26H21ClF3N3O2S. The van der Waals surface area contributed by atoms with E-state index in [-0.39, 0.29) is 29.7 Å². The van der Waals surface area contributed by atoms with E-state index in [2.05, 4.69) is 10.3 Å². The van der Waals surface area contributed by atoms with Gasteiger partial charge in [-0.25, -0.2) is 4.99 Å². The van der Waals surface area contributed by atoms with Gasteiger partial charge in [0.2, 0.25) is 11.8 Å². The second-order valence-electron chi connectivity index (χ2n) is 8.17. The number of thioether (sulfide) groups is 1. The van der Waals surface area contributed by atoms with E-state index in [0.717, 1.165) is 35.0 Å². The molecule has 10 heteroatoms. The van der Waals surface area contributed by atoms with Crippen molar-refractivity contribution >= 4 is 51.7 Å². The van der Waals surface area contributed by atoms with Crippen molar-refractivity contribution in [3.8, 4) is 0 Å². The van der Waals surface area contributed by atoms with Gasteiger partial charge in [0.1, 0.15) is 5.25 Å². The van der Waals surface area contributed by atoms with E-state index >= 15 is 0 Å². The first-order chi connectivity index (χ1) is 17.1. The van der Waals surface area contributed by atoms with Gasteiger partial charge >= 0.3 is 6.18 Å². The number of carbonyl (C=O) groups is 2. The van der Waals surface area contributed by atoms with Crippen LogP contribution < -0.4 is 5.32 Å². The van der Waals surface area contributed by atoms with Crippen LogP contribution in [-0.4, -0.2) is 27.1 Å². The molecule has 1 aliphatic heterocycles. The highest BCUT2D eigenvalue weighted by Crippen LogP contribution is 2.33. The summed E-state index contributed by atoms with van der Waals surface area (Å²) in [6, 6.07) is 18.7. The van der Waals surface area contributed by atoms with Crippen LogP contribution in [-0.2, 0) is 22.3 Å². The van der Waals surface area contributed by atoms with Crippen molar-refractivity contribution < 1.29 is 22.8 Å². The fourth-order valence-electron chi connectivity index (χ4n) is 3.49. The standard InChI is InChI=1S/C26H21ClF3N3O2S/c1-16-7-10-20(13-21(16)27)31-24(35)22-14-23(34)33(15-17-5-3-2-4-6-17)25(36-22)32-19-11-8-18(9-12-19)26(28,29)30/h2-13,22H,14-15H2,1H3,(H,31,35). The summed E-state index contributed by atoms with van der Waals surface area (Å²) in [4.78, 5) is 32.0. The number of alkyl halides is 3. The Morgan fingerprint density at radius 1 is 1.11 bits per heavy atom. The highest BCUT2D eigenvalue weighted by atomic mass is 35.5. The minimum atomic E-state index is -4.47. The van der Waals surface area contributed by atoms with Crippen LogP contribution in [0.3, 0.4) is 0 Å². The molecule has 1 aliphatic rings. The molecule has 2 amide bonds.